The normalized spacial score (nSPS) is 23.9. The Morgan fingerprint density at radius 1 is 1.20 bits per heavy atom. The van der Waals surface area contributed by atoms with E-state index in [0.29, 0.717) is 60.8 Å². The van der Waals surface area contributed by atoms with E-state index < -0.39 is 0 Å². The zero-order chi connectivity index (χ0) is 29.5. The first-order valence-electron chi connectivity index (χ1n) is 14.8. The number of hydrogen-bond donors (Lipinski definition) is 1. The Morgan fingerprint density at radius 3 is 2.49 bits per heavy atom. The number of allylic oxidation sites excluding steroid dienone is 2. The number of aliphatic imine (C=N–C) groups is 1. The molecule has 0 unspecified atom stereocenters. The van der Waals surface area contributed by atoms with E-state index in [9.17, 15) is 9.90 Å². The Bertz CT molecular complexity index is 1250. The van der Waals surface area contributed by atoms with Crippen LogP contribution in [0.3, 0.4) is 0 Å². The minimum atomic E-state index is -0.304. The number of aliphatic hydroxyl groups excluding tert-OH is 1. The molecule has 1 N–H and O–H groups in total. The van der Waals surface area contributed by atoms with Gasteiger partial charge >= 0.3 is 0 Å². The molecule has 2 aromatic heterocycles. The summed E-state index contributed by atoms with van der Waals surface area (Å²) in [7, 11) is 1.55. The number of hydrogen-bond acceptors (Lipinski definition) is 6. The van der Waals surface area contributed by atoms with Gasteiger partial charge in [0.25, 0.3) is 0 Å². The zero-order valence-electron chi connectivity index (χ0n) is 24.8. The molecule has 0 atom stereocenters. The highest BCUT2D eigenvalue weighted by Crippen LogP contribution is 2.35. The number of ether oxygens (including phenoxy) is 1. The second kappa shape index (κ2) is 14.3. The van der Waals surface area contributed by atoms with Crippen molar-refractivity contribution in [1.82, 2.24) is 14.8 Å². The summed E-state index contributed by atoms with van der Waals surface area (Å²) in [6, 6.07) is 4.25. The van der Waals surface area contributed by atoms with Gasteiger partial charge in [0, 0.05) is 42.7 Å². The quantitative estimate of drug-likeness (QED) is 0.243. The number of carbonyl (C=O) groups is 1. The first-order chi connectivity index (χ1) is 19.7. The summed E-state index contributed by atoms with van der Waals surface area (Å²) in [5.74, 6) is 1.82. The van der Waals surface area contributed by atoms with Crippen LogP contribution < -0.4 is 4.90 Å². The molecule has 9 heteroatoms. The number of rotatable bonds is 10. The molecule has 1 amide bonds. The number of amides is 1. The number of nitrogens with zero attached hydrogens (tertiary/aromatic N) is 5. The van der Waals surface area contributed by atoms with Crippen molar-refractivity contribution in [2.24, 2.45) is 22.7 Å². The molecule has 0 aliphatic heterocycles. The van der Waals surface area contributed by atoms with Crippen LogP contribution in [0.15, 0.2) is 58.8 Å². The molecule has 2 saturated carbocycles. The third-order valence-electron chi connectivity index (χ3n) is 8.45. The van der Waals surface area contributed by atoms with Crippen molar-refractivity contribution in [3.05, 3.63) is 53.8 Å². The second-order valence-electron chi connectivity index (χ2n) is 11.8. The standard InChI is InChI=1S/C32H44ClN5O3/c1-21(2)38-20-28(18-36-38)27-14-15-34-30(16-27)37(32(40)26-10-12-29(39)13-11-26)19-24-6-8-25(9-7-24)22(3)17-35-31(41-5)23(4)33/h14-18,20-21,24-26,29,39H,3,6-13,19H2,1-2,4-5H3/b31-23-,35-17?. The fourth-order valence-corrected chi connectivity index (χ4v) is 5.98. The minimum absolute atomic E-state index is 0.0895. The van der Waals surface area contributed by atoms with Gasteiger partial charge in [-0.3, -0.25) is 14.4 Å². The molecule has 222 valence electrons. The van der Waals surface area contributed by atoms with Gasteiger partial charge in [0.2, 0.25) is 11.8 Å². The summed E-state index contributed by atoms with van der Waals surface area (Å²) >= 11 is 6.04. The van der Waals surface area contributed by atoms with Gasteiger partial charge in [-0.2, -0.15) is 5.10 Å². The van der Waals surface area contributed by atoms with Crippen LogP contribution in [0, 0.1) is 17.8 Å². The van der Waals surface area contributed by atoms with Gasteiger partial charge in [-0.1, -0.05) is 18.2 Å². The van der Waals surface area contributed by atoms with Crippen molar-refractivity contribution >= 4 is 29.5 Å². The number of pyridine rings is 1. The molecule has 0 spiro atoms. The van der Waals surface area contributed by atoms with E-state index >= 15 is 0 Å². The highest BCUT2D eigenvalue weighted by molar-refractivity contribution is 6.29. The Labute approximate surface area is 249 Å². The maximum absolute atomic E-state index is 14.0. The largest absolute Gasteiger partial charge is 0.480 e. The monoisotopic (exact) mass is 581 g/mol. The molecule has 0 radical (unpaired) electrons. The van der Waals surface area contributed by atoms with Crippen molar-refractivity contribution in [3.8, 4) is 11.1 Å². The average Bonchev–Trinajstić information content (AvgIpc) is 3.47. The van der Waals surface area contributed by atoms with E-state index in [1.165, 1.54) is 0 Å². The molecule has 8 nitrogen and oxygen atoms in total. The summed E-state index contributed by atoms with van der Waals surface area (Å²) in [6.45, 7) is 10.8. The molecule has 2 aliphatic rings. The first-order valence-corrected chi connectivity index (χ1v) is 15.2. The molecule has 0 bridgehead atoms. The fourth-order valence-electron chi connectivity index (χ4n) is 5.86. The Balaban J connectivity index is 1.49. The number of halogens is 1. The van der Waals surface area contributed by atoms with Crippen LogP contribution in [0.1, 0.15) is 78.2 Å². The predicted octanol–water partition coefficient (Wildman–Crippen LogP) is 6.92. The lowest BCUT2D eigenvalue weighted by molar-refractivity contribution is -0.124. The van der Waals surface area contributed by atoms with Crippen molar-refractivity contribution in [3.63, 3.8) is 0 Å². The maximum Gasteiger partial charge on any atom is 0.231 e. The van der Waals surface area contributed by atoms with Crippen LogP contribution in [0.5, 0.6) is 0 Å². The minimum Gasteiger partial charge on any atom is -0.480 e. The average molecular weight is 582 g/mol. The first kappa shape index (κ1) is 31.0. The van der Waals surface area contributed by atoms with Gasteiger partial charge in [0.15, 0.2) is 0 Å². The topological polar surface area (TPSA) is 92.8 Å². The molecule has 0 aromatic carbocycles. The molecule has 0 saturated heterocycles. The van der Waals surface area contributed by atoms with Crippen molar-refractivity contribution in [2.75, 3.05) is 18.6 Å². The second-order valence-corrected chi connectivity index (χ2v) is 12.3. The van der Waals surface area contributed by atoms with Gasteiger partial charge in [0.1, 0.15) is 5.82 Å². The Kier molecular flexibility index (Phi) is 10.8. The summed E-state index contributed by atoms with van der Waals surface area (Å²) in [5, 5.41) is 15.0. The van der Waals surface area contributed by atoms with Crippen molar-refractivity contribution in [1.29, 1.82) is 0 Å². The smallest absolute Gasteiger partial charge is 0.231 e. The van der Waals surface area contributed by atoms with E-state index in [2.05, 4.69) is 35.5 Å². The molecule has 4 rings (SSSR count). The lowest BCUT2D eigenvalue weighted by atomic mass is 9.78. The SMILES string of the molecule is C=C(C=N/C(OC)=C(\C)Cl)C1CCC(CN(C(=O)C2CCC(O)CC2)c2cc(-c3cnn(C(C)C)c3)ccn2)CC1. The summed E-state index contributed by atoms with van der Waals surface area (Å²) < 4.78 is 7.16. The lowest BCUT2D eigenvalue weighted by Gasteiger charge is -2.35. The van der Waals surface area contributed by atoms with Gasteiger partial charge in [-0.05, 0) is 107 Å². The van der Waals surface area contributed by atoms with Crippen molar-refractivity contribution in [2.45, 2.75) is 84.3 Å². The third-order valence-corrected chi connectivity index (χ3v) is 8.61. The fraction of sp³-hybridized carbons (Fsp3) is 0.562. The maximum atomic E-state index is 14.0. The lowest BCUT2D eigenvalue weighted by Crippen LogP contribution is -2.42. The van der Waals surface area contributed by atoms with Gasteiger partial charge in [0.05, 0.1) is 24.4 Å². The number of aromatic nitrogens is 3. The Morgan fingerprint density at radius 2 is 1.88 bits per heavy atom. The van der Waals surface area contributed by atoms with Gasteiger partial charge < -0.3 is 9.84 Å². The highest BCUT2D eigenvalue weighted by Gasteiger charge is 2.33. The van der Waals surface area contributed by atoms with Crippen LogP contribution in [0.4, 0.5) is 5.82 Å². The van der Waals surface area contributed by atoms with E-state index in [0.717, 1.165) is 42.4 Å². The van der Waals surface area contributed by atoms with Gasteiger partial charge in [-0.15, -0.1) is 0 Å². The zero-order valence-corrected chi connectivity index (χ0v) is 25.6. The van der Waals surface area contributed by atoms with Crippen LogP contribution >= 0.6 is 11.6 Å². The summed E-state index contributed by atoms with van der Waals surface area (Å²) in [5.41, 5.74) is 2.97. The molecular weight excluding hydrogens is 538 g/mol. The third kappa shape index (κ3) is 8.07. The number of anilines is 1. The summed E-state index contributed by atoms with van der Waals surface area (Å²) in [6.07, 6.45) is 13.9. The molecule has 2 aliphatic carbocycles. The Hall–Kier alpha value is -2.97. The van der Waals surface area contributed by atoms with Crippen LogP contribution in [-0.4, -0.2) is 51.8 Å². The van der Waals surface area contributed by atoms with E-state index in [1.807, 2.05) is 34.1 Å². The predicted molar refractivity (Wildman–Crippen MR) is 165 cm³/mol. The number of carbonyl (C=O) groups excluding carboxylic acids is 1. The van der Waals surface area contributed by atoms with Crippen molar-refractivity contribution < 1.29 is 14.6 Å². The van der Waals surface area contributed by atoms with E-state index in [4.69, 9.17) is 16.3 Å². The number of methoxy groups -OCH3 is 1. The number of aliphatic hydroxyl groups is 1. The van der Waals surface area contributed by atoms with Crippen LogP contribution in [0.2, 0.25) is 0 Å². The summed E-state index contributed by atoms with van der Waals surface area (Å²) in [4.78, 5) is 24.9. The van der Waals surface area contributed by atoms with E-state index in [1.54, 1.807) is 26.4 Å². The molecule has 2 aromatic rings. The molecular formula is C32H44ClN5O3. The molecule has 2 heterocycles. The van der Waals surface area contributed by atoms with E-state index in [-0.39, 0.29) is 24.0 Å². The molecule has 2 fully saturated rings. The van der Waals surface area contributed by atoms with Gasteiger partial charge in [-0.25, -0.2) is 9.98 Å². The van der Waals surface area contributed by atoms with Crippen LogP contribution in [0.25, 0.3) is 11.1 Å². The molecule has 41 heavy (non-hydrogen) atoms. The van der Waals surface area contributed by atoms with Crippen LogP contribution in [-0.2, 0) is 9.53 Å². The highest BCUT2D eigenvalue weighted by atomic mass is 35.5.